The summed E-state index contributed by atoms with van der Waals surface area (Å²) in [7, 11) is 0. The molecule has 100 valence electrons. The van der Waals surface area contributed by atoms with E-state index in [1.165, 1.54) is 11.8 Å². The van der Waals surface area contributed by atoms with Gasteiger partial charge in [0.1, 0.15) is 0 Å². The van der Waals surface area contributed by atoms with Crippen LogP contribution in [0.3, 0.4) is 0 Å². The first-order valence-corrected chi connectivity index (χ1v) is 7.11. The summed E-state index contributed by atoms with van der Waals surface area (Å²) in [5, 5.41) is 10.7. The van der Waals surface area contributed by atoms with Gasteiger partial charge in [-0.3, -0.25) is 0 Å². The Kier molecular flexibility index (Phi) is 3.42. The Balaban J connectivity index is 2.10. The zero-order chi connectivity index (χ0) is 14.1. The summed E-state index contributed by atoms with van der Waals surface area (Å²) in [5.41, 5.74) is 1.11. The second-order valence-corrected chi connectivity index (χ2v) is 5.80. The van der Waals surface area contributed by atoms with Crippen LogP contribution in [0.1, 0.15) is 10.4 Å². The largest absolute Gasteiger partial charge is 0.478 e. The van der Waals surface area contributed by atoms with Crippen molar-refractivity contribution in [2.75, 3.05) is 0 Å². The number of hydrogen-bond donors (Lipinski definition) is 2. The molecule has 3 rings (SSSR count). The van der Waals surface area contributed by atoms with Crippen molar-refractivity contribution in [2.24, 2.45) is 0 Å². The summed E-state index contributed by atoms with van der Waals surface area (Å²) in [6.45, 7) is 0. The summed E-state index contributed by atoms with van der Waals surface area (Å²) in [5.74, 6) is -0.928. The van der Waals surface area contributed by atoms with E-state index in [0.717, 1.165) is 20.7 Å². The van der Waals surface area contributed by atoms with Crippen molar-refractivity contribution in [3.8, 4) is 0 Å². The van der Waals surface area contributed by atoms with Crippen molar-refractivity contribution < 1.29 is 9.90 Å². The maximum absolute atomic E-state index is 11.3. The smallest absolute Gasteiger partial charge is 0.336 e. The molecule has 0 saturated heterocycles. The van der Waals surface area contributed by atoms with Gasteiger partial charge in [0.15, 0.2) is 0 Å². The van der Waals surface area contributed by atoms with E-state index in [1.54, 1.807) is 12.1 Å². The number of H-pyrrole nitrogens is 1. The minimum Gasteiger partial charge on any atom is -0.478 e. The van der Waals surface area contributed by atoms with Gasteiger partial charge in [0.25, 0.3) is 0 Å². The van der Waals surface area contributed by atoms with Crippen LogP contribution in [0.25, 0.3) is 10.9 Å². The number of halogens is 1. The molecule has 0 aliphatic rings. The summed E-state index contributed by atoms with van der Waals surface area (Å²) in [4.78, 5) is 16.3. The van der Waals surface area contributed by atoms with Crippen molar-refractivity contribution in [1.82, 2.24) is 4.98 Å². The number of carboxylic acid groups (broad SMARTS) is 1. The molecule has 3 aromatic rings. The molecule has 20 heavy (non-hydrogen) atoms. The molecule has 2 N–H and O–H groups in total. The fourth-order valence-electron chi connectivity index (χ4n) is 2.07. The average molecular weight is 304 g/mol. The lowest BCUT2D eigenvalue weighted by molar-refractivity contribution is 0.0699. The van der Waals surface area contributed by atoms with Gasteiger partial charge < -0.3 is 10.1 Å². The summed E-state index contributed by atoms with van der Waals surface area (Å²) in [6, 6.07) is 12.7. The lowest BCUT2D eigenvalue weighted by Gasteiger charge is -2.03. The highest BCUT2D eigenvalue weighted by molar-refractivity contribution is 7.99. The van der Waals surface area contributed by atoms with E-state index in [9.17, 15) is 9.90 Å². The van der Waals surface area contributed by atoms with Crippen LogP contribution in [0.5, 0.6) is 0 Å². The van der Waals surface area contributed by atoms with E-state index in [2.05, 4.69) is 4.98 Å². The van der Waals surface area contributed by atoms with Crippen molar-refractivity contribution in [1.29, 1.82) is 0 Å². The highest BCUT2D eigenvalue weighted by Gasteiger charge is 2.14. The van der Waals surface area contributed by atoms with Gasteiger partial charge in [0, 0.05) is 31.9 Å². The Hall–Kier alpha value is -1.91. The normalized spacial score (nSPS) is 10.8. The van der Waals surface area contributed by atoms with Crippen LogP contribution in [0.2, 0.25) is 5.02 Å². The molecule has 0 atom stereocenters. The van der Waals surface area contributed by atoms with Crippen LogP contribution >= 0.6 is 23.4 Å². The number of aromatic carboxylic acids is 1. The van der Waals surface area contributed by atoms with Crippen molar-refractivity contribution in [2.45, 2.75) is 9.79 Å². The molecule has 3 nitrogen and oxygen atoms in total. The van der Waals surface area contributed by atoms with Gasteiger partial charge in [-0.1, -0.05) is 35.5 Å². The molecule has 0 aliphatic carbocycles. The molecule has 0 radical (unpaired) electrons. The molecule has 0 aliphatic heterocycles. The number of carboxylic acids is 1. The molecule has 0 unspecified atom stereocenters. The molecular formula is C15H10ClNO2S. The molecule has 1 heterocycles. The van der Waals surface area contributed by atoms with Gasteiger partial charge in [0.05, 0.1) is 5.56 Å². The number of nitrogens with one attached hydrogen (secondary N) is 1. The van der Waals surface area contributed by atoms with Gasteiger partial charge >= 0.3 is 5.97 Å². The van der Waals surface area contributed by atoms with Gasteiger partial charge in [-0.15, -0.1) is 0 Å². The Labute approximate surface area is 124 Å². The molecule has 5 heteroatoms. The van der Waals surface area contributed by atoms with Crippen LogP contribution in [-0.4, -0.2) is 16.1 Å². The zero-order valence-corrected chi connectivity index (χ0v) is 11.8. The van der Waals surface area contributed by atoms with Crippen LogP contribution in [0, 0.1) is 0 Å². The van der Waals surface area contributed by atoms with Crippen LogP contribution in [-0.2, 0) is 0 Å². The van der Waals surface area contributed by atoms with Crippen LogP contribution in [0.15, 0.2) is 58.5 Å². The second-order valence-electron chi connectivity index (χ2n) is 4.25. The van der Waals surface area contributed by atoms with Gasteiger partial charge in [-0.05, 0) is 30.3 Å². The number of benzene rings is 2. The fourth-order valence-corrected chi connectivity index (χ4v) is 3.35. The topological polar surface area (TPSA) is 53.1 Å². The van der Waals surface area contributed by atoms with Gasteiger partial charge in [-0.25, -0.2) is 4.79 Å². The third-order valence-corrected chi connectivity index (χ3v) is 4.19. The van der Waals surface area contributed by atoms with E-state index < -0.39 is 5.97 Å². The Morgan fingerprint density at radius 1 is 1.20 bits per heavy atom. The molecule has 0 saturated carbocycles. The quantitative estimate of drug-likeness (QED) is 0.739. The molecule has 0 amide bonds. The van der Waals surface area contributed by atoms with Gasteiger partial charge in [0.2, 0.25) is 0 Å². The molecule has 1 aromatic heterocycles. The second kappa shape index (κ2) is 5.23. The maximum atomic E-state index is 11.3. The minimum absolute atomic E-state index is 0.299. The summed E-state index contributed by atoms with van der Waals surface area (Å²) < 4.78 is 0. The number of rotatable bonds is 3. The highest BCUT2D eigenvalue weighted by Crippen LogP contribution is 2.36. The lowest BCUT2D eigenvalue weighted by Crippen LogP contribution is -1.96. The predicted octanol–water partition coefficient (Wildman–Crippen LogP) is 4.67. The number of fused-ring (bicyclic) bond motifs is 1. The Morgan fingerprint density at radius 2 is 2.00 bits per heavy atom. The molecule has 0 spiro atoms. The summed E-state index contributed by atoms with van der Waals surface area (Å²) >= 11 is 7.46. The predicted molar refractivity (Wildman–Crippen MR) is 80.8 cm³/mol. The molecular weight excluding hydrogens is 294 g/mol. The Bertz CT molecular complexity index is 797. The molecule has 0 fully saturated rings. The first kappa shape index (κ1) is 13.1. The van der Waals surface area contributed by atoms with Crippen molar-refractivity contribution in [3.05, 3.63) is 59.2 Å². The number of carbonyl (C=O) groups is 1. The van der Waals surface area contributed by atoms with E-state index in [0.29, 0.717) is 10.6 Å². The highest BCUT2D eigenvalue weighted by atomic mass is 35.5. The number of aromatic amines is 1. The SMILES string of the molecule is O=C(O)c1cccc2[nH]cc(Sc3cccc(Cl)c3)c12. The number of hydrogen-bond acceptors (Lipinski definition) is 2. The van der Waals surface area contributed by atoms with E-state index in [1.807, 2.05) is 36.5 Å². The third-order valence-electron chi connectivity index (χ3n) is 2.92. The van der Waals surface area contributed by atoms with Crippen molar-refractivity contribution in [3.63, 3.8) is 0 Å². The van der Waals surface area contributed by atoms with Gasteiger partial charge in [-0.2, -0.15) is 0 Å². The maximum Gasteiger partial charge on any atom is 0.336 e. The van der Waals surface area contributed by atoms with Crippen molar-refractivity contribution >= 4 is 40.2 Å². The third kappa shape index (κ3) is 2.40. The van der Waals surface area contributed by atoms with E-state index in [4.69, 9.17) is 11.6 Å². The summed E-state index contributed by atoms with van der Waals surface area (Å²) in [6.07, 6.45) is 1.82. The fraction of sp³-hybridized carbons (Fsp3) is 0. The monoisotopic (exact) mass is 303 g/mol. The van der Waals surface area contributed by atoms with E-state index in [-0.39, 0.29) is 0 Å². The standard InChI is InChI=1S/C15H10ClNO2S/c16-9-3-1-4-10(7-9)20-13-8-17-12-6-2-5-11(14(12)13)15(18)19/h1-8,17H,(H,18,19). The minimum atomic E-state index is -0.928. The lowest BCUT2D eigenvalue weighted by atomic mass is 10.1. The average Bonchev–Trinajstić information content (AvgIpc) is 2.82. The van der Waals surface area contributed by atoms with Crippen LogP contribution in [0.4, 0.5) is 0 Å². The first-order chi connectivity index (χ1) is 9.65. The van der Waals surface area contributed by atoms with Crippen LogP contribution < -0.4 is 0 Å². The molecule has 0 bridgehead atoms. The first-order valence-electron chi connectivity index (χ1n) is 5.92. The zero-order valence-electron chi connectivity index (χ0n) is 10.3. The Morgan fingerprint density at radius 3 is 2.75 bits per heavy atom. The molecule has 2 aromatic carbocycles. The van der Waals surface area contributed by atoms with E-state index >= 15 is 0 Å². The number of aromatic nitrogens is 1.